The zero-order valence-electron chi connectivity index (χ0n) is 22.9. The molecule has 37 heavy (non-hydrogen) atoms. The predicted molar refractivity (Wildman–Crippen MR) is 153 cm³/mol. The lowest BCUT2D eigenvalue weighted by Gasteiger charge is -2.55. The van der Waals surface area contributed by atoms with Crippen LogP contribution in [-0.2, 0) is 14.9 Å². The first-order chi connectivity index (χ1) is 17.5. The Hall–Kier alpha value is -3.07. The van der Waals surface area contributed by atoms with Crippen LogP contribution in [0.2, 0.25) is 0 Å². The second-order valence-corrected chi connectivity index (χ2v) is 12.5. The number of carbonyl (C=O) groups is 1. The molecule has 3 heteroatoms. The summed E-state index contributed by atoms with van der Waals surface area (Å²) in [4.78, 5) is 11.7. The molecule has 6 rings (SSSR count). The van der Waals surface area contributed by atoms with Gasteiger partial charge in [0.25, 0.3) is 0 Å². The molecular formula is C34H42O3. The summed E-state index contributed by atoms with van der Waals surface area (Å²) < 4.78 is 5.77. The van der Waals surface area contributed by atoms with E-state index >= 15 is 0 Å². The molecule has 3 nitrogen and oxygen atoms in total. The first kappa shape index (κ1) is 27.0. The van der Waals surface area contributed by atoms with E-state index in [1.165, 1.54) is 30.4 Å². The number of esters is 1. The van der Waals surface area contributed by atoms with E-state index in [0.717, 1.165) is 42.6 Å². The minimum Gasteiger partial charge on any atom is -0.508 e. The van der Waals surface area contributed by atoms with Crippen molar-refractivity contribution < 1.29 is 14.6 Å². The number of hydrogen-bond donors (Lipinski definition) is 1. The molecule has 4 bridgehead atoms. The van der Waals surface area contributed by atoms with Crippen molar-refractivity contribution in [2.75, 3.05) is 0 Å². The van der Waals surface area contributed by atoms with Gasteiger partial charge in [-0.25, -0.2) is 4.79 Å². The van der Waals surface area contributed by atoms with E-state index in [0.29, 0.717) is 11.3 Å². The van der Waals surface area contributed by atoms with Crippen LogP contribution in [0.15, 0.2) is 72.8 Å². The highest BCUT2D eigenvalue weighted by atomic mass is 16.6. The largest absolute Gasteiger partial charge is 0.508 e. The van der Waals surface area contributed by atoms with Gasteiger partial charge in [0, 0.05) is 5.57 Å². The minimum atomic E-state index is -0.179. The molecule has 0 amide bonds. The van der Waals surface area contributed by atoms with E-state index < -0.39 is 0 Å². The summed E-state index contributed by atoms with van der Waals surface area (Å²) in [6.45, 7) is 12.1. The molecule has 0 radical (unpaired) electrons. The summed E-state index contributed by atoms with van der Waals surface area (Å²) in [5.74, 6) is 2.58. The summed E-state index contributed by atoms with van der Waals surface area (Å²) in [6.07, 6.45) is 15.6. The van der Waals surface area contributed by atoms with Crippen LogP contribution < -0.4 is 0 Å². The quantitative estimate of drug-likeness (QED) is 0.255. The summed E-state index contributed by atoms with van der Waals surface area (Å²) >= 11 is 0. The van der Waals surface area contributed by atoms with Gasteiger partial charge in [0.05, 0.1) is 0 Å². The number of aromatic hydroxyl groups is 1. The molecule has 4 saturated carbocycles. The van der Waals surface area contributed by atoms with E-state index in [1.807, 2.05) is 30.4 Å². The molecule has 0 heterocycles. The van der Waals surface area contributed by atoms with Crippen molar-refractivity contribution >= 4 is 18.1 Å². The van der Waals surface area contributed by atoms with Crippen LogP contribution in [0.25, 0.3) is 12.2 Å². The second kappa shape index (κ2) is 11.1. The SMILES string of the molecule is C=C(C)C(=O)OC12CC3CC(CC(C3)C1)C2.CC(C)(C)c1ccc(C=CC=Cc2ccc(O)cc2)cc1. The average Bonchev–Trinajstić information content (AvgIpc) is 2.82. The summed E-state index contributed by atoms with van der Waals surface area (Å²) in [5.41, 5.74) is 4.24. The van der Waals surface area contributed by atoms with Gasteiger partial charge in [-0.2, -0.15) is 0 Å². The highest BCUT2D eigenvalue weighted by Gasteiger charge is 2.53. The first-order valence-corrected chi connectivity index (χ1v) is 13.6. The number of phenols is 1. The van der Waals surface area contributed by atoms with Gasteiger partial charge in [-0.05, 0) is 97.4 Å². The first-order valence-electron chi connectivity index (χ1n) is 13.6. The third kappa shape index (κ3) is 7.25. The topological polar surface area (TPSA) is 46.5 Å². The van der Waals surface area contributed by atoms with Gasteiger partial charge >= 0.3 is 5.97 Å². The van der Waals surface area contributed by atoms with E-state index in [2.05, 4.69) is 57.7 Å². The minimum absolute atomic E-state index is 0.106. The number of ether oxygens (including phenoxy) is 1. The predicted octanol–water partition coefficient (Wildman–Crippen LogP) is 8.49. The zero-order valence-corrected chi connectivity index (χ0v) is 22.9. The van der Waals surface area contributed by atoms with E-state index in [9.17, 15) is 9.90 Å². The highest BCUT2D eigenvalue weighted by Crippen LogP contribution is 2.57. The molecule has 0 spiro atoms. The van der Waals surface area contributed by atoms with Crippen molar-refractivity contribution in [1.82, 2.24) is 0 Å². The Morgan fingerprint density at radius 3 is 1.70 bits per heavy atom. The molecule has 2 aromatic rings. The summed E-state index contributed by atoms with van der Waals surface area (Å²) in [5, 5.41) is 9.22. The Morgan fingerprint density at radius 1 is 0.865 bits per heavy atom. The molecule has 0 aliphatic heterocycles. The van der Waals surface area contributed by atoms with E-state index in [4.69, 9.17) is 4.74 Å². The number of allylic oxidation sites excluding steroid dienone is 2. The van der Waals surface area contributed by atoms with Gasteiger partial charge in [0.1, 0.15) is 11.4 Å². The molecule has 0 unspecified atom stereocenters. The molecule has 4 fully saturated rings. The molecule has 4 aliphatic carbocycles. The van der Waals surface area contributed by atoms with Gasteiger partial charge in [0.2, 0.25) is 0 Å². The summed E-state index contributed by atoms with van der Waals surface area (Å²) in [6, 6.07) is 15.8. The van der Waals surface area contributed by atoms with Crippen LogP contribution >= 0.6 is 0 Å². The third-order valence-corrected chi connectivity index (χ3v) is 8.00. The third-order valence-electron chi connectivity index (χ3n) is 8.00. The van der Waals surface area contributed by atoms with Crippen molar-refractivity contribution in [2.45, 2.75) is 77.2 Å². The average molecular weight is 499 g/mol. The van der Waals surface area contributed by atoms with Crippen LogP contribution in [0, 0.1) is 17.8 Å². The van der Waals surface area contributed by atoms with Crippen molar-refractivity contribution in [2.24, 2.45) is 17.8 Å². The Kier molecular flexibility index (Phi) is 8.11. The van der Waals surface area contributed by atoms with E-state index in [1.54, 1.807) is 19.1 Å². The van der Waals surface area contributed by atoms with Crippen LogP contribution in [-0.4, -0.2) is 16.7 Å². The van der Waals surface area contributed by atoms with Crippen LogP contribution in [0.1, 0.15) is 82.9 Å². The fourth-order valence-electron chi connectivity index (χ4n) is 6.45. The maximum atomic E-state index is 11.7. The normalized spacial score (nSPS) is 26.2. The summed E-state index contributed by atoms with van der Waals surface area (Å²) in [7, 11) is 0. The molecule has 2 aromatic carbocycles. The number of rotatable bonds is 5. The fourth-order valence-corrected chi connectivity index (χ4v) is 6.45. The molecule has 4 aliphatic rings. The molecule has 196 valence electrons. The van der Waals surface area contributed by atoms with Crippen molar-refractivity contribution in [3.05, 3.63) is 89.5 Å². The zero-order chi connectivity index (χ0) is 26.6. The van der Waals surface area contributed by atoms with Crippen molar-refractivity contribution in [1.29, 1.82) is 0 Å². The monoisotopic (exact) mass is 498 g/mol. The maximum absolute atomic E-state index is 11.7. The van der Waals surface area contributed by atoms with Gasteiger partial charge in [-0.3, -0.25) is 0 Å². The Balaban J connectivity index is 0.000000179. The Bertz CT molecular complexity index is 1110. The lowest BCUT2D eigenvalue weighted by Crippen LogP contribution is -2.52. The lowest BCUT2D eigenvalue weighted by molar-refractivity contribution is -0.182. The van der Waals surface area contributed by atoms with Gasteiger partial charge in [-0.15, -0.1) is 0 Å². The molecular weight excluding hydrogens is 456 g/mol. The standard InChI is InChI=1S/C20H22O.C14H20O2/c1-20(2,3)18-12-8-16(9-13-18)6-4-5-7-17-10-14-19(21)15-11-17;1-9(2)13(15)16-14-6-10-3-11(7-14)5-12(4-10)8-14/h4-15,21H,1-3H3;10-12H,1,3-8H2,2H3. The lowest BCUT2D eigenvalue weighted by atomic mass is 9.54. The van der Waals surface area contributed by atoms with Gasteiger partial charge in [-0.1, -0.05) is 88.1 Å². The Labute approximate surface area is 223 Å². The smallest absolute Gasteiger partial charge is 0.333 e. The van der Waals surface area contributed by atoms with Gasteiger partial charge in [0.15, 0.2) is 0 Å². The Morgan fingerprint density at radius 2 is 1.30 bits per heavy atom. The maximum Gasteiger partial charge on any atom is 0.333 e. The van der Waals surface area contributed by atoms with Crippen molar-refractivity contribution in [3.63, 3.8) is 0 Å². The van der Waals surface area contributed by atoms with Gasteiger partial charge < -0.3 is 9.84 Å². The van der Waals surface area contributed by atoms with Crippen molar-refractivity contribution in [3.8, 4) is 5.75 Å². The molecule has 1 N–H and O–H groups in total. The number of phenolic OH excluding ortho intramolecular Hbond substituents is 1. The molecule has 0 atom stereocenters. The fraction of sp³-hybridized carbons (Fsp3) is 0.441. The van der Waals surface area contributed by atoms with Crippen LogP contribution in [0.4, 0.5) is 0 Å². The molecule has 0 saturated heterocycles. The number of carbonyl (C=O) groups excluding carboxylic acids is 1. The van der Waals surface area contributed by atoms with E-state index in [-0.39, 0.29) is 17.0 Å². The van der Waals surface area contributed by atoms with Crippen LogP contribution in [0.3, 0.4) is 0 Å². The van der Waals surface area contributed by atoms with Crippen LogP contribution in [0.5, 0.6) is 5.75 Å². The highest BCUT2D eigenvalue weighted by molar-refractivity contribution is 5.87. The molecule has 0 aromatic heterocycles. The number of hydrogen-bond acceptors (Lipinski definition) is 3. The second-order valence-electron chi connectivity index (χ2n) is 12.5. The number of benzene rings is 2.